The molecule has 43 heavy (non-hydrogen) atoms. The van der Waals surface area contributed by atoms with Crippen molar-refractivity contribution in [3.63, 3.8) is 0 Å². The van der Waals surface area contributed by atoms with Crippen molar-refractivity contribution in [1.82, 2.24) is 0 Å². The van der Waals surface area contributed by atoms with Crippen LogP contribution in [0.2, 0.25) is 0 Å². The third-order valence-corrected chi connectivity index (χ3v) is 7.85. The molecule has 7 aromatic rings. The van der Waals surface area contributed by atoms with Gasteiger partial charge in [-0.05, 0) is 92.0 Å². The number of anilines is 2. The number of nitrogens with one attached hydrogen (secondary N) is 1. The van der Waals surface area contributed by atoms with Gasteiger partial charge in [0.25, 0.3) is 0 Å². The lowest BCUT2D eigenvalue weighted by Crippen LogP contribution is -1.95. The summed E-state index contributed by atoms with van der Waals surface area (Å²) in [6, 6.07) is 64.7. The lowest BCUT2D eigenvalue weighted by Gasteiger charge is -2.20. The first-order valence-corrected chi connectivity index (χ1v) is 14.7. The summed E-state index contributed by atoms with van der Waals surface area (Å²) in [5.74, 6) is 0. The minimum absolute atomic E-state index is 1.05. The van der Waals surface area contributed by atoms with E-state index in [2.05, 4.69) is 181 Å². The van der Waals surface area contributed by atoms with Crippen LogP contribution in [-0.4, -0.2) is 0 Å². The zero-order valence-electron chi connectivity index (χ0n) is 23.8. The average Bonchev–Trinajstić information content (AvgIpc) is 3.10. The van der Waals surface area contributed by atoms with Gasteiger partial charge in [0, 0.05) is 11.4 Å². The van der Waals surface area contributed by atoms with Crippen molar-refractivity contribution in [3.8, 4) is 55.6 Å². The van der Waals surface area contributed by atoms with E-state index in [9.17, 15) is 0 Å². The van der Waals surface area contributed by atoms with Crippen molar-refractivity contribution < 1.29 is 0 Å². The fourth-order valence-corrected chi connectivity index (χ4v) is 5.74. The van der Waals surface area contributed by atoms with E-state index in [1.165, 1.54) is 55.6 Å². The van der Waals surface area contributed by atoms with Crippen molar-refractivity contribution in [1.29, 1.82) is 0 Å². The van der Waals surface area contributed by atoms with E-state index in [0.717, 1.165) is 11.4 Å². The molecule has 0 aromatic heterocycles. The maximum atomic E-state index is 3.65. The van der Waals surface area contributed by atoms with Gasteiger partial charge in [0.2, 0.25) is 0 Å². The molecule has 1 heteroatoms. The molecule has 0 amide bonds. The second-order valence-electron chi connectivity index (χ2n) is 10.7. The lowest BCUT2D eigenvalue weighted by molar-refractivity contribution is 1.52. The Morgan fingerprint density at radius 3 is 1.19 bits per heavy atom. The van der Waals surface area contributed by atoms with Crippen LogP contribution in [0.3, 0.4) is 0 Å². The number of benzene rings is 7. The first-order chi connectivity index (χ1) is 21.3. The van der Waals surface area contributed by atoms with Gasteiger partial charge in [-0.3, -0.25) is 0 Å². The van der Waals surface area contributed by atoms with E-state index in [0.29, 0.717) is 0 Å². The van der Waals surface area contributed by atoms with Crippen LogP contribution >= 0.6 is 0 Å². The summed E-state index contributed by atoms with van der Waals surface area (Å²) < 4.78 is 0. The highest BCUT2D eigenvalue weighted by molar-refractivity contribution is 5.98. The molecular formula is C42H31N. The maximum Gasteiger partial charge on any atom is 0.0390 e. The van der Waals surface area contributed by atoms with Gasteiger partial charge in [0.05, 0.1) is 0 Å². The molecule has 0 radical (unpaired) electrons. The number of hydrogen-bond donors (Lipinski definition) is 1. The van der Waals surface area contributed by atoms with Gasteiger partial charge >= 0.3 is 0 Å². The Balaban J connectivity index is 1.35. The second-order valence-corrected chi connectivity index (χ2v) is 10.7. The first kappa shape index (κ1) is 26.3. The first-order valence-electron chi connectivity index (χ1n) is 14.7. The summed E-state index contributed by atoms with van der Waals surface area (Å²) in [4.78, 5) is 0. The summed E-state index contributed by atoms with van der Waals surface area (Å²) in [6.07, 6.45) is 0. The molecular weight excluding hydrogens is 518 g/mol. The Hall–Kier alpha value is -5.66. The van der Waals surface area contributed by atoms with Crippen LogP contribution in [0.15, 0.2) is 182 Å². The van der Waals surface area contributed by atoms with Crippen molar-refractivity contribution in [2.75, 3.05) is 5.32 Å². The standard InChI is InChI=1S/C42H31N/c1-5-14-31(15-6-1)33-24-26-38(27-25-33)43-39-23-13-22-36(28-39)42-40(34-18-9-3-10-19-34)29-37(32-16-7-2-8-17-32)30-41(42)35-20-11-4-12-21-35/h1-30,43H. The molecule has 0 aliphatic rings. The van der Waals surface area contributed by atoms with E-state index in [1.54, 1.807) is 0 Å². The Morgan fingerprint density at radius 1 is 0.256 bits per heavy atom. The molecule has 0 saturated carbocycles. The quantitative estimate of drug-likeness (QED) is 0.208. The lowest BCUT2D eigenvalue weighted by atomic mass is 9.84. The summed E-state index contributed by atoms with van der Waals surface area (Å²) in [5, 5.41) is 3.65. The topological polar surface area (TPSA) is 12.0 Å². The zero-order chi connectivity index (χ0) is 28.8. The predicted octanol–water partition coefficient (Wildman–Crippen LogP) is 11.8. The summed E-state index contributed by atoms with van der Waals surface area (Å²) >= 11 is 0. The molecule has 0 unspecified atom stereocenters. The molecule has 0 heterocycles. The van der Waals surface area contributed by atoms with Crippen LogP contribution in [-0.2, 0) is 0 Å². The third kappa shape index (κ3) is 5.75. The summed E-state index contributed by atoms with van der Waals surface area (Å²) in [7, 11) is 0. The molecule has 0 fully saturated rings. The highest BCUT2D eigenvalue weighted by Crippen LogP contribution is 2.44. The molecule has 0 bridgehead atoms. The van der Waals surface area contributed by atoms with Gasteiger partial charge in [-0.15, -0.1) is 0 Å². The van der Waals surface area contributed by atoms with Gasteiger partial charge in [0.15, 0.2) is 0 Å². The van der Waals surface area contributed by atoms with Gasteiger partial charge < -0.3 is 5.32 Å². The van der Waals surface area contributed by atoms with E-state index in [-0.39, 0.29) is 0 Å². The van der Waals surface area contributed by atoms with Gasteiger partial charge in [0.1, 0.15) is 0 Å². The highest BCUT2D eigenvalue weighted by Gasteiger charge is 2.17. The van der Waals surface area contributed by atoms with E-state index in [1.807, 2.05) is 6.07 Å². The maximum absolute atomic E-state index is 3.65. The molecule has 0 spiro atoms. The molecule has 1 nitrogen and oxygen atoms in total. The van der Waals surface area contributed by atoms with Gasteiger partial charge in [-0.2, -0.15) is 0 Å². The van der Waals surface area contributed by atoms with Crippen LogP contribution < -0.4 is 5.32 Å². The van der Waals surface area contributed by atoms with Crippen LogP contribution in [0.1, 0.15) is 0 Å². The minimum Gasteiger partial charge on any atom is -0.356 e. The molecule has 0 saturated heterocycles. The zero-order valence-corrected chi connectivity index (χ0v) is 23.8. The monoisotopic (exact) mass is 549 g/mol. The molecule has 0 aliphatic carbocycles. The fraction of sp³-hybridized carbons (Fsp3) is 0. The van der Waals surface area contributed by atoms with Crippen molar-refractivity contribution >= 4 is 11.4 Å². The van der Waals surface area contributed by atoms with Crippen LogP contribution in [0.5, 0.6) is 0 Å². The average molecular weight is 550 g/mol. The molecule has 1 N–H and O–H groups in total. The number of rotatable bonds is 7. The summed E-state index contributed by atoms with van der Waals surface area (Å²) in [5.41, 5.74) is 14.2. The predicted molar refractivity (Wildman–Crippen MR) is 183 cm³/mol. The Labute approximate surface area is 253 Å². The van der Waals surface area contributed by atoms with E-state index in [4.69, 9.17) is 0 Å². The molecule has 0 aliphatic heterocycles. The Morgan fingerprint density at radius 2 is 0.674 bits per heavy atom. The third-order valence-electron chi connectivity index (χ3n) is 7.85. The largest absolute Gasteiger partial charge is 0.356 e. The minimum atomic E-state index is 1.05. The Bertz CT molecular complexity index is 1880. The van der Waals surface area contributed by atoms with Crippen LogP contribution in [0.25, 0.3) is 55.6 Å². The van der Waals surface area contributed by atoms with Crippen molar-refractivity contribution in [2.24, 2.45) is 0 Å². The second kappa shape index (κ2) is 12.1. The smallest absolute Gasteiger partial charge is 0.0390 e. The van der Waals surface area contributed by atoms with E-state index < -0.39 is 0 Å². The van der Waals surface area contributed by atoms with Gasteiger partial charge in [-0.25, -0.2) is 0 Å². The SMILES string of the molecule is c1ccc(-c2ccc(Nc3cccc(-c4c(-c5ccccc5)cc(-c5ccccc5)cc4-c4ccccc4)c3)cc2)cc1. The normalized spacial score (nSPS) is 10.8. The molecule has 0 atom stereocenters. The number of hydrogen-bond acceptors (Lipinski definition) is 1. The summed E-state index contributed by atoms with van der Waals surface area (Å²) in [6.45, 7) is 0. The van der Waals surface area contributed by atoms with Crippen LogP contribution in [0.4, 0.5) is 11.4 Å². The van der Waals surface area contributed by atoms with Gasteiger partial charge in [-0.1, -0.05) is 146 Å². The van der Waals surface area contributed by atoms with E-state index >= 15 is 0 Å². The van der Waals surface area contributed by atoms with Crippen LogP contribution in [0, 0.1) is 0 Å². The fourth-order valence-electron chi connectivity index (χ4n) is 5.74. The van der Waals surface area contributed by atoms with Crippen molar-refractivity contribution in [2.45, 2.75) is 0 Å². The van der Waals surface area contributed by atoms with Crippen molar-refractivity contribution in [3.05, 3.63) is 182 Å². The Kier molecular flexibility index (Phi) is 7.36. The highest BCUT2D eigenvalue weighted by atomic mass is 14.9. The molecule has 204 valence electrons. The molecule has 7 aromatic carbocycles. The molecule has 7 rings (SSSR count).